The normalized spacial score (nSPS) is 28.0. The topological polar surface area (TPSA) is 93.2 Å². The molecule has 4 bridgehead atoms. The van der Waals surface area contributed by atoms with E-state index in [1.807, 2.05) is 24.3 Å². The van der Waals surface area contributed by atoms with Gasteiger partial charge in [-0.2, -0.15) is 26.3 Å². The molecule has 0 unspecified atom stereocenters. The summed E-state index contributed by atoms with van der Waals surface area (Å²) >= 11 is 0. The number of allylic oxidation sites excluding steroid dienone is 4. The monoisotopic (exact) mass is 810 g/mol. The van der Waals surface area contributed by atoms with Gasteiger partial charge < -0.3 is 9.47 Å². The van der Waals surface area contributed by atoms with Gasteiger partial charge in [-0.3, -0.25) is 29.0 Å². The highest BCUT2D eigenvalue weighted by molar-refractivity contribution is 6.23. The Labute approximate surface area is 332 Å². The van der Waals surface area contributed by atoms with Crippen molar-refractivity contribution in [3.63, 3.8) is 0 Å². The molecule has 2 aliphatic heterocycles. The van der Waals surface area contributed by atoms with E-state index in [-0.39, 0.29) is 94.0 Å². The maximum atomic E-state index is 14.9. The molecule has 10 rings (SSSR count). The van der Waals surface area contributed by atoms with Crippen molar-refractivity contribution in [3.8, 4) is 23.0 Å². The van der Waals surface area contributed by atoms with Gasteiger partial charge in [-0.15, -0.1) is 0 Å². The van der Waals surface area contributed by atoms with Crippen molar-refractivity contribution in [1.82, 2.24) is 0 Å². The number of alkyl halides is 6. The van der Waals surface area contributed by atoms with Gasteiger partial charge >= 0.3 is 12.4 Å². The fourth-order valence-corrected chi connectivity index (χ4v) is 10.4. The predicted octanol–water partition coefficient (Wildman–Crippen LogP) is 9.30. The van der Waals surface area contributed by atoms with Crippen LogP contribution in [0.15, 0.2) is 121 Å². The Morgan fingerprint density at radius 2 is 0.661 bits per heavy atom. The van der Waals surface area contributed by atoms with E-state index < -0.39 is 28.9 Å². The molecular weight excluding hydrogens is 778 g/mol. The summed E-state index contributed by atoms with van der Waals surface area (Å²) in [5.74, 6) is -2.25. The van der Waals surface area contributed by atoms with Crippen molar-refractivity contribution in [2.75, 3.05) is 9.80 Å². The number of hydrogen-bond donors (Lipinski definition) is 0. The molecule has 300 valence electrons. The zero-order valence-electron chi connectivity index (χ0n) is 30.7. The zero-order valence-corrected chi connectivity index (χ0v) is 30.7. The van der Waals surface area contributed by atoms with E-state index in [1.165, 1.54) is 48.5 Å². The van der Waals surface area contributed by atoms with Crippen molar-refractivity contribution in [2.45, 2.75) is 30.6 Å². The molecule has 14 heteroatoms. The molecule has 4 aromatic carbocycles. The van der Waals surface area contributed by atoms with E-state index >= 15 is 0 Å². The first kappa shape index (κ1) is 37.1. The van der Waals surface area contributed by atoms with Crippen molar-refractivity contribution in [1.29, 1.82) is 0 Å². The third kappa shape index (κ3) is 5.44. The fourth-order valence-electron chi connectivity index (χ4n) is 10.4. The molecule has 4 aliphatic carbocycles. The van der Waals surface area contributed by atoms with Gasteiger partial charge in [-0.25, -0.2) is 0 Å². The van der Waals surface area contributed by atoms with Gasteiger partial charge in [0.05, 0.1) is 35.0 Å². The van der Waals surface area contributed by atoms with Crippen molar-refractivity contribution in [2.24, 2.45) is 47.3 Å². The minimum Gasteiger partial charge on any atom is -0.457 e. The molecule has 4 amide bonds. The number of hydrogen-bond acceptors (Lipinski definition) is 6. The molecular formula is C45H32F6N2O6. The number of carbonyl (C=O) groups excluding carboxylic acids is 4. The summed E-state index contributed by atoms with van der Waals surface area (Å²) in [5, 5.41) is 0. The molecule has 6 aliphatic rings. The van der Waals surface area contributed by atoms with Crippen LogP contribution >= 0.6 is 0 Å². The molecule has 2 heterocycles. The van der Waals surface area contributed by atoms with E-state index in [2.05, 4.69) is 0 Å². The van der Waals surface area contributed by atoms with Crippen LogP contribution in [0.5, 0.6) is 23.0 Å². The van der Waals surface area contributed by atoms with Gasteiger partial charge in [0.2, 0.25) is 29.0 Å². The highest BCUT2D eigenvalue weighted by Crippen LogP contribution is 2.57. The Morgan fingerprint density at radius 3 is 0.915 bits per heavy atom. The fraction of sp³-hybridized carbons (Fsp3) is 0.289. The number of halogens is 6. The lowest BCUT2D eigenvalue weighted by molar-refractivity contribution is -0.288. The number of fused-ring (bicyclic) bond motifs is 10. The number of ether oxygens (including phenoxy) is 2. The van der Waals surface area contributed by atoms with Gasteiger partial charge in [-0.05, 0) is 120 Å². The van der Waals surface area contributed by atoms with Crippen LogP contribution < -0.4 is 19.3 Å². The van der Waals surface area contributed by atoms with Gasteiger partial charge in [0.15, 0.2) is 0 Å². The highest BCUT2D eigenvalue weighted by Gasteiger charge is 2.72. The molecule has 4 fully saturated rings. The van der Waals surface area contributed by atoms with E-state index in [9.17, 15) is 45.5 Å². The van der Waals surface area contributed by atoms with Crippen LogP contribution in [0.25, 0.3) is 0 Å². The number of benzene rings is 4. The molecule has 4 aromatic rings. The third-order valence-corrected chi connectivity index (χ3v) is 13.0. The zero-order chi connectivity index (χ0) is 41.2. The van der Waals surface area contributed by atoms with Crippen LogP contribution in [0.1, 0.15) is 24.0 Å². The van der Waals surface area contributed by atoms with Crippen LogP contribution in [-0.2, 0) is 24.6 Å². The lowest BCUT2D eigenvalue weighted by Gasteiger charge is -2.38. The van der Waals surface area contributed by atoms with Crippen molar-refractivity contribution >= 4 is 35.0 Å². The number of amides is 4. The third-order valence-electron chi connectivity index (χ3n) is 13.0. The smallest absolute Gasteiger partial charge is 0.411 e. The average Bonchev–Trinajstić information content (AvgIpc) is 4.06. The van der Waals surface area contributed by atoms with Crippen LogP contribution in [0.4, 0.5) is 37.7 Å². The first-order chi connectivity index (χ1) is 28.2. The Bertz CT molecular complexity index is 2230. The Morgan fingerprint density at radius 1 is 0.407 bits per heavy atom. The summed E-state index contributed by atoms with van der Waals surface area (Å²) < 4.78 is 101. The second-order valence-corrected chi connectivity index (χ2v) is 16.0. The first-order valence-corrected chi connectivity index (χ1v) is 19.2. The number of anilines is 2. The van der Waals surface area contributed by atoms with E-state index in [0.29, 0.717) is 35.6 Å². The minimum absolute atomic E-state index is 0.0339. The molecule has 0 radical (unpaired) electrons. The molecule has 0 N–H and O–H groups in total. The lowest BCUT2D eigenvalue weighted by Crippen LogP contribution is -2.54. The summed E-state index contributed by atoms with van der Waals surface area (Å²) in [4.78, 5) is 55.0. The predicted molar refractivity (Wildman–Crippen MR) is 199 cm³/mol. The second kappa shape index (κ2) is 12.9. The average molecular weight is 811 g/mol. The van der Waals surface area contributed by atoms with Crippen LogP contribution in [0, 0.1) is 47.3 Å². The second-order valence-electron chi connectivity index (χ2n) is 16.0. The van der Waals surface area contributed by atoms with Crippen LogP contribution in [0.2, 0.25) is 0 Å². The molecule has 8 atom stereocenters. The molecule has 2 saturated heterocycles. The number of nitrogens with zero attached hydrogens (tertiary/aromatic N) is 2. The van der Waals surface area contributed by atoms with Gasteiger partial charge in [0.1, 0.15) is 23.0 Å². The first-order valence-electron chi connectivity index (χ1n) is 19.2. The Balaban J connectivity index is 0.850. The highest BCUT2D eigenvalue weighted by atomic mass is 19.4. The maximum absolute atomic E-state index is 14.9. The van der Waals surface area contributed by atoms with E-state index in [1.54, 1.807) is 0 Å². The van der Waals surface area contributed by atoms with Gasteiger partial charge in [-0.1, -0.05) is 48.6 Å². The van der Waals surface area contributed by atoms with Crippen molar-refractivity contribution in [3.05, 3.63) is 132 Å². The minimum atomic E-state index is -5.83. The van der Waals surface area contributed by atoms with Gasteiger partial charge in [0.25, 0.3) is 0 Å². The van der Waals surface area contributed by atoms with E-state index in [4.69, 9.17) is 9.47 Å². The Hall–Kier alpha value is -6.18. The molecule has 0 aromatic heterocycles. The van der Waals surface area contributed by atoms with E-state index in [0.717, 1.165) is 46.9 Å². The Kier molecular flexibility index (Phi) is 8.12. The molecule has 8 nitrogen and oxygen atoms in total. The number of imide groups is 2. The summed E-state index contributed by atoms with van der Waals surface area (Å²) in [6, 6.07) is 18.7. The van der Waals surface area contributed by atoms with Crippen LogP contribution in [-0.4, -0.2) is 36.0 Å². The molecule has 2 saturated carbocycles. The SMILES string of the molecule is O=C1[C@@H]2[C@H](C(=O)N1c1ccc(Oc3ccc(C(c4ccc(Oc5ccc(N6C(=O)[C@H]7[C@H](C6=O)[C@H]6C=C[C@H]7C6)cc5)cc4)(C(F)(F)F)C(F)(F)F)cc3)cc1)[C@H]1C=C[C@H]2C1. The summed E-state index contributed by atoms with van der Waals surface area (Å²) in [5.41, 5.74) is -5.94. The quantitative estimate of drug-likeness (QED) is 0.100. The number of rotatable bonds is 8. The number of carbonyl (C=O) groups is 4. The maximum Gasteiger partial charge on any atom is 0.411 e. The summed E-state index contributed by atoms with van der Waals surface area (Å²) in [7, 11) is 0. The molecule has 59 heavy (non-hydrogen) atoms. The lowest BCUT2D eigenvalue weighted by atomic mass is 9.73. The summed E-state index contributed by atoms with van der Waals surface area (Å²) in [6.45, 7) is 0. The summed E-state index contributed by atoms with van der Waals surface area (Å²) in [6.07, 6.45) is -2.16. The largest absolute Gasteiger partial charge is 0.457 e. The van der Waals surface area contributed by atoms with Crippen molar-refractivity contribution < 1.29 is 55.0 Å². The molecule has 0 spiro atoms. The van der Waals surface area contributed by atoms with Crippen LogP contribution in [0.3, 0.4) is 0 Å². The van der Waals surface area contributed by atoms with Gasteiger partial charge in [0, 0.05) is 0 Å². The standard InChI is InChI=1S/C45H32F6N2O6/c46-44(47,48)43(45(49,50)51,27-5-13-31(14-6-27)58-33-17-9-29(10-18-33)52-39(54)35-23-1-2-24(21-23)36(35)40(52)55)28-7-15-32(16-8-28)59-34-19-11-30(12-20-34)53-41(56)37-25-3-4-26(22-25)38(37)42(53)57/h1-20,23-26,35-38H,21-22H2/t23-,24-,25-,26-,35-,36+,37+,38+/m0/s1.